The van der Waals surface area contributed by atoms with E-state index in [-0.39, 0.29) is 12.8 Å². The van der Waals surface area contributed by atoms with Crippen molar-refractivity contribution < 1.29 is 8.78 Å². The van der Waals surface area contributed by atoms with Crippen LogP contribution < -0.4 is 4.90 Å². The van der Waals surface area contributed by atoms with Crippen molar-refractivity contribution in [3.63, 3.8) is 0 Å². The van der Waals surface area contributed by atoms with Crippen LogP contribution in [0.5, 0.6) is 0 Å². The van der Waals surface area contributed by atoms with Crippen molar-refractivity contribution in [1.29, 1.82) is 0 Å². The molecular formula is C11H12F2N4. The van der Waals surface area contributed by atoms with Crippen LogP contribution in [-0.2, 0) is 0 Å². The zero-order valence-corrected chi connectivity index (χ0v) is 9.16. The van der Waals surface area contributed by atoms with Crippen molar-refractivity contribution in [3.8, 4) is 0 Å². The second-order valence-electron chi connectivity index (χ2n) is 4.28. The molecule has 0 amide bonds. The molecule has 6 heteroatoms. The summed E-state index contributed by atoms with van der Waals surface area (Å²) in [6, 6.07) is 1.87. The highest BCUT2D eigenvalue weighted by molar-refractivity contribution is 5.87. The van der Waals surface area contributed by atoms with Gasteiger partial charge < -0.3 is 9.88 Å². The summed E-state index contributed by atoms with van der Waals surface area (Å²) in [5.74, 6) is -1.78. The Morgan fingerprint density at radius 3 is 2.76 bits per heavy atom. The van der Waals surface area contributed by atoms with Gasteiger partial charge >= 0.3 is 0 Å². The number of fused-ring (bicyclic) bond motifs is 1. The van der Waals surface area contributed by atoms with E-state index in [2.05, 4.69) is 15.0 Å². The average Bonchev–Trinajstić information content (AvgIpc) is 2.77. The van der Waals surface area contributed by atoms with Crippen molar-refractivity contribution in [2.75, 3.05) is 18.0 Å². The molecule has 0 spiro atoms. The molecule has 0 atom stereocenters. The van der Waals surface area contributed by atoms with E-state index in [9.17, 15) is 8.78 Å². The van der Waals surface area contributed by atoms with Gasteiger partial charge in [0.2, 0.25) is 0 Å². The molecule has 3 rings (SSSR count). The third kappa shape index (κ3) is 1.83. The second-order valence-corrected chi connectivity index (χ2v) is 4.28. The molecule has 0 aliphatic carbocycles. The number of anilines is 1. The van der Waals surface area contributed by atoms with E-state index < -0.39 is 5.92 Å². The standard InChI is InChI=1S/C11H12F2N4/c12-11(13)2-5-17(6-3-11)10-8-1-4-14-9(8)15-7-16-10/h1,4,7H,2-3,5-6H2,(H,14,15,16). The minimum absolute atomic E-state index is 0.108. The molecule has 0 saturated carbocycles. The van der Waals surface area contributed by atoms with Crippen molar-refractivity contribution in [2.45, 2.75) is 18.8 Å². The number of rotatable bonds is 1. The van der Waals surface area contributed by atoms with Crippen LogP contribution in [0.25, 0.3) is 11.0 Å². The quantitative estimate of drug-likeness (QED) is 0.828. The van der Waals surface area contributed by atoms with Crippen LogP contribution in [0.15, 0.2) is 18.6 Å². The third-order valence-corrected chi connectivity index (χ3v) is 3.13. The van der Waals surface area contributed by atoms with Gasteiger partial charge in [0.15, 0.2) is 0 Å². The van der Waals surface area contributed by atoms with Gasteiger partial charge in [0.1, 0.15) is 17.8 Å². The van der Waals surface area contributed by atoms with E-state index in [1.165, 1.54) is 6.33 Å². The predicted molar refractivity (Wildman–Crippen MR) is 60.3 cm³/mol. The van der Waals surface area contributed by atoms with Crippen LogP contribution in [0.1, 0.15) is 12.8 Å². The van der Waals surface area contributed by atoms with Crippen LogP contribution in [-0.4, -0.2) is 34.0 Å². The van der Waals surface area contributed by atoms with Gasteiger partial charge in [0.05, 0.1) is 5.39 Å². The lowest BCUT2D eigenvalue weighted by Gasteiger charge is -2.32. The maximum absolute atomic E-state index is 13.1. The Morgan fingerprint density at radius 2 is 2.00 bits per heavy atom. The Morgan fingerprint density at radius 1 is 1.24 bits per heavy atom. The molecule has 3 heterocycles. The van der Waals surface area contributed by atoms with Gasteiger partial charge in [-0.3, -0.25) is 0 Å². The van der Waals surface area contributed by atoms with Gasteiger partial charge in [-0.25, -0.2) is 18.7 Å². The van der Waals surface area contributed by atoms with E-state index in [1.54, 1.807) is 6.20 Å². The molecule has 17 heavy (non-hydrogen) atoms. The highest BCUT2D eigenvalue weighted by Gasteiger charge is 2.34. The zero-order chi connectivity index (χ0) is 11.9. The van der Waals surface area contributed by atoms with E-state index in [0.29, 0.717) is 13.1 Å². The Bertz CT molecular complexity index is 527. The van der Waals surface area contributed by atoms with Crippen LogP contribution >= 0.6 is 0 Å². The fourth-order valence-corrected chi connectivity index (χ4v) is 2.16. The maximum Gasteiger partial charge on any atom is 0.251 e. The molecular weight excluding hydrogens is 226 g/mol. The monoisotopic (exact) mass is 238 g/mol. The number of H-pyrrole nitrogens is 1. The molecule has 1 N–H and O–H groups in total. The summed E-state index contributed by atoms with van der Waals surface area (Å²) in [6.45, 7) is 0.675. The minimum Gasteiger partial charge on any atom is -0.356 e. The van der Waals surface area contributed by atoms with E-state index in [1.807, 2.05) is 11.0 Å². The molecule has 0 aromatic carbocycles. The summed E-state index contributed by atoms with van der Waals surface area (Å²) in [7, 11) is 0. The zero-order valence-electron chi connectivity index (χ0n) is 9.16. The first-order chi connectivity index (χ1) is 8.16. The van der Waals surface area contributed by atoms with Gasteiger partial charge in [0, 0.05) is 32.1 Å². The van der Waals surface area contributed by atoms with Gasteiger partial charge in [-0.15, -0.1) is 0 Å². The predicted octanol–water partition coefficient (Wildman–Crippen LogP) is 2.19. The van der Waals surface area contributed by atoms with Crippen molar-refractivity contribution >= 4 is 16.9 Å². The number of aromatic amines is 1. The summed E-state index contributed by atoms with van der Waals surface area (Å²) in [5.41, 5.74) is 0.743. The molecule has 1 fully saturated rings. The largest absolute Gasteiger partial charge is 0.356 e. The average molecular weight is 238 g/mol. The highest BCUT2D eigenvalue weighted by Crippen LogP contribution is 2.31. The third-order valence-electron chi connectivity index (χ3n) is 3.13. The van der Waals surface area contributed by atoms with Crippen molar-refractivity contribution in [1.82, 2.24) is 15.0 Å². The van der Waals surface area contributed by atoms with Gasteiger partial charge in [-0.2, -0.15) is 0 Å². The summed E-state index contributed by atoms with van der Waals surface area (Å²) >= 11 is 0. The minimum atomic E-state index is -2.53. The lowest BCUT2D eigenvalue weighted by molar-refractivity contribution is -0.0221. The molecule has 4 nitrogen and oxygen atoms in total. The second kappa shape index (κ2) is 3.65. The molecule has 1 saturated heterocycles. The Balaban J connectivity index is 1.92. The molecule has 0 bridgehead atoms. The first-order valence-electron chi connectivity index (χ1n) is 5.57. The Hall–Kier alpha value is -1.72. The number of piperidine rings is 1. The first-order valence-corrected chi connectivity index (χ1v) is 5.57. The molecule has 0 unspecified atom stereocenters. The number of alkyl halides is 2. The molecule has 2 aromatic heterocycles. The number of nitrogens with zero attached hydrogens (tertiary/aromatic N) is 3. The Labute approximate surface area is 96.7 Å². The van der Waals surface area contributed by atoms with Crippen molar-refractivity contribution in [2.24, 2.45) is 0 Å². The van der Waals surface area contributed by atoms with Crippen molar-refractivity contribution in [3.05, 3.63) is 18.6 Å². The van der Waals surface area contributed by atoms with E-state index in [0.717, 1.165) is 16.9 Å². The summed E-state index contributed by atoms with van der Waals surface area (Å²) in [5, 5.41) is 0.887. The van der Waals surface area contributed by atoms with E-state index >= 15 is 0 Å². The fourth-order valence-electron chi connectivity index (χ4n) is 2.16. The Kier molecular flexibility index (Phi) is 2.24. The molecule has 90 valence electrons. The molecule has 1 aliphatic rings. The smallest absolute Gasteiger partial charge is 0.251 e. The molecule has 1 aliphatic heterocycles. The lowest BCUT2D eigenvalue weighted by Crippen LogP contribution is -2.39. The SMILES string of the molecule is FC1(F)CCN(c2ncnc3[nH]ccc23)CC1. The van der Waals surface area contributed by atoms with Crippen LogP contribution in [0, 0.1) is 0 Å². The van der Waals surface area contributed by atoms with E-state index in [4.69, 9.17) is 0 Å². The first kappa shape index (κ1) is 10.4. The number of hydrogen-bond acceptors (Lipinski definition) is 3. The number of hydrogen-bond donors (Lipinski definition) is 1. The van der Waals surface area contributed by atoms with Crippen LogP contribution in [0.4, 0.5) is 14.6 Å². The molecule has 2 aromatic rings. The van der Waals surface area contributed by atoms with Gasteiger partial charge in [-0.05, 0) is 6.07 Å². The van der Waals surface area contributed by atoms with Gasteiger partial charge in [0.25, 0.3) is 5.92 Å². The van der Waals surface area contributed by atoms with Crippen LogP contribution in [0.3, 0.4) is 0 Å². The number of nitrogens with one attached hydrogen (secondary N) is 1. The maximum atomic E-state index is 13.1. The van der Waals surface area contributed by atoms with Crippen LogP contribution in [0.2, 0.25) is 0 Å². The molecule has 0 radical (unpaired) electrons. The summed E-state index contributed by atoms with van der Waals surface area (Å²) in [6.07, 6.45) is 3.02. The summed E-state index contributed by atoms with van der Waals surface area (Å²) in [4.78, 5) is 13.2. The number of aromatic nitrogens is 3. The number of halogens is 2. The summed E-state index contributed by atoms with van der Waals surface area (Å²) < 4.78 is 26.2. The highest BCUT2D eigenvalue weighted by atomic mass is 19.3. The normalized spacial score (nSPS) is 19.8. The topological polar surface area (TPSA) is 44.8 Å². The fraction of sp³-hybridized carbons (Fsp3) is 0.455. The van der Waals surface area contributed by atoms with Gasteiger partial charge in [-0.1, -0.05) is 0 Å². The lowest BCUT2D eigenvalue weighted by atomic mass is 10.1.